The van der Waals surface area contributed by atoms with Crippen molar-refractivity contribution < 1.29 is 13.2 Å². The van der Waals surface area contributed by atoms with Gasteiger partial charge in [0.2, 0.25) is 15.9 Å². The zero-order valence-corrected chi connectivity index (χ0v) is 14.3. The first-order valence-electron chi connectivity index (χ1n) is 7.57. The highest BCUT2D eigenvalue weighted by Crippen LogP contribution is 2.13. The summed E-state index contributed by atoms with van der Waals surface area (Å²) in [5, 5.41) is 7.80. The van der Waals surface area contributed by atoms with E-state index < -0.39 is 10.0 Å². The number of carbonyl (C=O) groups is 1. The minimum atomic E-state index is -3.73. The quantitative estimate of drug-likeness (QED) is 0.799. The third-order valence-electron chi connectivity index (χ3n) is 3.53. The van der Waals surface area contributed by atoms with E-state index in [-0.39, 0.29) is 17.3 Å². The largest absolute Gasteiger partial charge is 0.325 e. The van der Waals surface area contributed by atoms with Crippen molar-refractivity contribution in [2.45, 2.75) is 18.4 Å². The summed E-state index contributed by atoms with van der Waals surface area (Å²) in [6, 6.07) is 15.7. The molecule has 1 amide bonds. The molecule has 0 heterocycles. The van der Waals surface area contributed by atoms with Crippen molar-refractivity contribution in [1.82, 2.24) is 4.90 Å². The molecule has 2 aromatic carbocycles. The van der Waals surface area contributed by atoms with Crippen molar-refractivity contribution in [3.8, 4) is 0 Å². The van der Waals surface area contributed by atoms with Crippen molar-refractivity contribution in [1.29, 1.82) is 0 Å². The van der Waals surface area contributed by atoms with Crippen LogP contribution in [0.15, 0.2) is 59.5 Å². The van der Waals surface area contributed by atoms with Crippen molar-refractivity contribution in [2.75, 3.05) is 18.4 Å². The van der Waals surface area contributed by atoms with E-state index in [4.69, 9.17) is 5.14 Å². The minimum Gasteiger partial charge on any atom is -0.325 e. The fourth-order valence-corrected chi connectivity index (χ4v) is 2.77. The van der Waals surface area contributed by atoms with Gasteiger partial charge in [0.15, 0.2) is 0 Å². The minimum absolute atomic E-state index is 0.0137. The number of nitrogens with one attached hydrogen (secondary N) is 1. The lowest BCUT2D eigenvalue weighted by atomic mass is 10.2. The Hall–Kier alpha value is -2.22. The normalized spacial score (nSPS) is 11.5. The maximum Gasteiger partial charge on any atom is 0.238 e. The highest BCUT2D eigenvalue weighted by Gasteiger charge is 2.11. The van der Waals surface area contributed by atoms with E-state index in [1.165, 1.54) is 24.3 Å². The van der Waals surface area contributed by atoms with Crippen LogP contribution in [0, 0.1) is 0 Å². The lowest BCUT2D eigenvalue weighted by Crippen LogP contribution is -2.32. The summed E-state index contributed by atoms with van der Waals surface area (Å²) in [5.74, 6) is -0.156. The Bertz CT molecular complexity index is 774. The molecule has 0 radical (unpaired) electrons. The van der Waals surface area contributed by atoms with E-state index in [0.717, 1.165) is 12.1 Å². The molecule has 24 heavy (non-hydrogen) atoms. The molecule has 0 aliphatic rings. The van der Waals surface area contributed by atoms with E-state index >= 15 is 0 Å². The molecule has 7 heteroatoms. The number of sulfonamides is 1. The van der Waals surface area contributed by atoms with Crippen molar-refractivity contribution >= 4 is 21.6 Å². The van der Waals surface area contributed by atoms with Gasteiger partial charge in [-0.2, -0.15) is 0 Å². The van der Waals surface area contributed by atoms with Gasteiger partial charge in [-0.25, -0.2) is 13.6 Å². The average molecular weight is 347 g/mol. The molecule has 2 rings (SSSR count). The lowest BCUT2D eigenvalue weighted by Gasteiger charge is -2.20. The molecule has 2 aromatic rings. The summed E-state index contributed by atoms with van der Waals surface area (Å²) >= 11 is 0. The standard InChI is InChI=1S/C17H21N3O3S/c1-2-20(12-14-6-4-3-5-7-14)13-17(21)19-15-8-10-16(11-9-15)24(18,22)23/h3-11H,2,12-13H2,1H3,(H,19,21)(H2,18,22,23). The first-order chi connectivity index (χ1) is 11.4. The van der Waals surface area contributed by atoms with Gasteiger partial charge in [0, 0.05) is 12.2 Å². The molecular formula is C17H21N3O3S. The van der Waals surface area contributed by atoms with Crippen LogP contribution in [0.3, 0.4) is 0 Å². The van der Waals surface area contributed by atoms with Crippen molar-refractivity contribution in [3.63, 3.8) is 0 Å². The Morgan fingerprint density at radius 3 is 2.25 bits per heavy atom. The van der Waals surface area contributed by atoms with Crippen LogP contribution in [0.2, 0.25) is 0 Å². The van der Waals surface area contributed by atoms with Gasteiger partial charge in [0.25, 0.3) is 0 Å². The van der Waals surface area contributed by atoms with Gasteiger partial charge in [0.05, 0.1) is 11.4 Å². The zero-order chi connectivity index (χ0) is 17.6. The molecular weight excluding hydrogens is 326 g/mol. The topological polar surface area (TPSA) is 92.5 Å². The first-order valence-corrected chi connectivity index (χ1v) is 9.12. The Morgan fingerprint density at radius 1 is 1.08 bits per heavy atom. The third kappa shape index (κ3) is 5.45. The molecule has 128 valence electrons. The molecule has 6 nitrogen and oxygen atoms in total. The van der Waals surface area contributed by atoms with Crippen molar-refractivity contribution in [3.05, 3.63) is 60.2 Å². The molecule has 0 bridgehead atoms. The number of anilines is 1. The number of nitrogens with two attached hydrogens (primary N) is 1. The Labute approximate surface area is 142 Å². The highest BCUT2D eigenvalue weighted by molar-refractivity contribution is 7.89. The predicted octanol–water partition coefficient (Wildman–Crippen LogP) is 1.79. The predicted molar refractivity (Wildman–Crippen MR) is 93.8 cm³/mol. The number of rotatable bonds is 7. The molecule has 0 atom stereocenters. The second-order valence-electron chi connectivity index (χ2n) is 5.41. The Balaban J connectivity index is 1.94. The van der Waals surface area contributed by atoms with Gasteiger partial charge < -0.3 is 5.32 Å². The molecule has 3 N–H and O–H groups in total. The number of likely N-dealkylation sites (N-methyl/N-ethyl adjacent to an activating group) is 1. The van der Waals surface area contributed by atoms with Gasteiger partial charge in [-0.15, -0.1) is 0 Å². The van der Waals surface area contributed by atoms with Crippen LogP contribution in [-0.4, -0.2) is 32.3 Å². The second-order valence-corrected chi connectivity index (χ2v) is 6.97. The van der Waals surface area contributed by atoms with Crippen LogP contribution in [0.4, 0.5) is 5.69 Å². The SMILES string of the molecule is CCN(CC(=O)Nc1ccc(S(N)(=O)=O)cc1)Cc1ccccc1. The molecule has 0 unspecified atom stereocenters. The maximum atomic E-state index is 12.2. The summed E-state index contributed by atoms with van der Waals surface area (Å²) in [4.78, 5) is 14.2. The van der Waals surface area contributed by atoms with Gasteiger partial charge in [-0.3, -0.25) is 9.69 Å². The van der Waals surface area contributed by atoms with Crippen LogP contribution in [0.1, 0.15) is 12.5 Å². The van der Waals surface area contributed by atoms with Gasteiger partial charge >= 0.3 is 0 Å². The average Bonchev–Trinajstić information content (AvgIpc) is 2.54. The van der Waals surface area contributed by atoms with Crippen LogP contribution >= 0.6 is 0 Å². The molecule has 0 aliphatic carbocycles. The molecule has 0 spiro atoms. The summed E-state index contributed by atoms with van der Waals surface area (Å²) in [6.45, 7) is 3.68. The maximum absolute atomic E-state index is 12.2. The van der Waals surface area contributed by atoms with Crippen LogP contribution < -0.4 is 10.5 Å². The van der Waals surface area contributed by atoms with E-state index in [1.807, 2.05) is 42.2 Å². The first kappa shape index (κ1) is 18.1. The number of amides is 1. The second kappa shape index (κ2) is 8.05. The van der Waals surface area contributed by atoms with Crippen molar-refractivity contribution in [2.24, 2.45) is 5.14 Å². The number of carbonyl (C=O) groups excluding carboxylic acids is 1. The molecule has 0 aromatic heterocycles. The molecule has 0 fully saturated rings. The number of benzene rings is 2. The van der Waals surface area contributed by atoms with Crippen LogP contribution in [0.5, 0.6) is 0 Å². The number of nitrogens with zero attached hydrogens (tertiary/aromatic N) is 1. The van der Waals surface area contributed by atoms with Gasteiger partial charge in [0.1, 0.15) is 0 Å². The fourth-order valence-electron chi connectivity index (χ4n) is 2.25. The smallest absolute Gasteiger partial charge is 0.238 e. The highest BCUT2D eigenvalue weighted by atomic mass is 32.2. The number of primary sulfonamides is 1. The van der Waals surface area contributed by atoms with E-state index in [9.17, 15) is 13.2 Å². The van der Waals surface area contributed by atoms with Gasteiger partial charge in [-0.1, -0.05) is 37.3 Å². The lowest BCUT2D eigenvalue weighted by molar-refractivity contribution is -0.117. The summed E-state index contributed by atoms with van der Waals surface area (Å²) in [7, 11) is -3.73. The Morgan fingerprint density at radius 2 is 1.71 bits per heavy atom. The summed E-state index contributed by atoms with van der Waals surface area (Å²) in [5.41, 5.74) is 1.67. The molecule has 0 saturated heterocycles. The summed E-state index contributed by atoms with van der Waals surface area (Å²) in [6.07, 6.45) is 0. The Kier molecular flexibility index (Phi) is 6.08. The van der Waals surface area contributed by atoms with E-state index in [2.05, 4.69) is 5.32 Å². The van der Waals surface area contributed by atoms with Crippen LogP contribution in [-0.2, 0) is 21.4 Å². The summed E-state index contributed by atoms with van der Waals surface area (Å²) < 4.78 is 22.4. The number of hydrogen-bond acceptors (Lipinski definition) is 4. The van der Waals surface area contributed by atoms with Gasteiger partial charge in [-0.05, 0) is 36.4 Å². The third-order valence-corrected chi connectivity index (χ3v) is 4.46. The monoisotopic (exact) mass is 347 g/mol. The fraction of sp³-hybridized carbons (Fsp3) is 0.235. The van der Waals surface area contributed by atoms with Crippen LogP contribution in [0.25, 0.3) is 0 Å². The molecule has 0 aliphatic heterocycles. The molecule has 0 saturated carbocycles. The number of hydrogen-bond donors (Lipinski definition) is 2. The van der Waals surface area contributed by atoms with E-state index in [1.54, 1.807) is 0 Å². The zero-order valence-electron chi connectivity index (χ0n) is 13.5. The van der Waals surface area contributed by atoms with E-state index in [0.29, 0.717) is 12.2 Å².